The van der Waals surface area contributed by atoms with Crippen LogP contribution in [0.1, 0.15) is 17.2 Å². The van der Waals surface area contributed by atoms with Crippen molar-refractivity contribution in [3.63, 3.8) is 0 Å². The molecule has 0 fully saturated rings. The maximum atomic E-state index is 5.47. The molecule has 0 atom stereocenters. The van der Waals surface area contributed by atoms with Crippen LogP contribution < -0.4 is 11.1 Å². The van der Waals surface area contributed by atoms with Crippen LogP contribution in [0, 0.1) is 6.92 Å². The molecule has 0 amide bonds. The standard InChI is InChI=1S/C12H13N3OS/c1-8-2-4-10(16-8)7-14-9-3-5-11(12(13)17)15-6-9/h2-6,14H,7H2,1H3,(H2,13,17). The van der Waals surface area contributed by atoms with Gasteiger partial charge in [-0.3, -0.25) is 4.98 Å². The molecule has 0 saturated heterocycles. The number of rotatable bonds is 4. The minimum Gasteiger partial charge on any atom is -0.465 e. The molecule has 88 valence electrons. The van der Waals surface area contributed by atoms with E-state index in [9.17, 15) is 0 Å². The van der Waals surface area contributed by atoms with E-state index in [1.54, 1.807) is 12.3 Å². The Labute approximate surface area is 105 Å². The van der Waals surface area contributed by atoms with Gasteiger partial charge in [-0.15, -0.1) is 0 Å². The number of nitrogens with one attached hydrogen (secondary N) is 1. The van der Waals surface area contributed by atoms with Crippen molar-refractivity contribution in [2.75, 3.05) is 5.32 Å². The number of aromatic nitrogens is 1. The summed E-state index contributed by atoms with van der Waals surface area (Å²) < 4.78 is 5.44. The molecular formula is C12H13N3OS. The molecule has 17 heavy (non-hydrogen) atoms. The number of hydrogen-bond donors (Lipinski definition) is 2. The van der Waals surface area contributed by atoms with Gasteiger partial charge in [-0.05, 0) is 31.2 Å². The number of aryl methyl sites for hydroxylation is 1. The highest BCUT2D eigenvalue weighted by Gasteiger charge is 2.00. The fourth-order valence-corrected chi connectivity index (χ4v) is 1.53. The summed E-state index contributed by atoms with van der Waals surface area (Å²) in [6.45, 7) is 2.55. The SMILES string of the molecule is Cc1ccc(CNc2ccc(C(N)=S)nc2)o1. The lowest BCUT2D eigenvalue weighted by molar-refractivity contribution is 0.490. The van der Waals surface area contributed by atoms with E-state index in [2.05, 4.69) is 10.3 Å². The number of nitrogens with zero attached hydrogens (tertiary/aromatic N) is 1. The molecule has 0 aliphatic heterocycles. The molecule has 0 aliphatic rings. The van der Waals surface area contributed by atoms with E-state index in [1.165, 1.54) is 0 Å². The van der Waals surface area contributed by atoms with Crippen molar-refractivity contribution in [3.05, 3.63) is 47.7 Å². The van der Waals surface area contributed by atoms with Gasteiger partial charge in [0.15, 0.2) is 0 Å². The highest BCUT2D eigenvalue weighted by Crippen LogP contribution is 2.11. The molecule has 0 saturated carbocycles. The van der Waals surface area contributed by atoms with Gasteiger partial charge >= 0.3 is 0 Å². The van der Waals surface area contributed by atoms with E-state index < -0.39 is 0 Å². The molecule has 0 unspecified atom stereocenters. The number of nitrogens with two attached hydrogens (primary N) is 1. The largest absolute Gasteiger partial charge is 0.465 e. The zero-order valence-corrected chi connectivity index (χ0v) is 10.3. The number of hydrogen-bond acceptors (Lipinski definition) is 4. The van der Waals surface area contributed by atoms with Crippen LogP contribution >= 0.6 is 12.2 Å². The van der Waals surface area contributed by atoms with Gasteiger partial charge in [-0.1, -0.05) is 12.2 Å². The number of furan rings is 1. The van der Waals surface area contributed by atoms with Crippen molar-refractivity contribution in [1.29, 1.82) is 0 Å². The highest BCUT2D eigenvalue weighted by molar-refractivity contribution is 7.80. The molecule has 0 radical (unpaired) electrons. The Morgan fingerprint density at radius 3 is 2.76 bits per heavy atom. The van der Waals surface area contributed by atoms with Crippen LogP contribution in [-0.2, 0) is 6.54 Å². The summed E-state index contributed by atoms with van der Waals surface area (Å²) in [5.74, 6) is 1.80. The van der Waals surface area contributed by atoms with Crippen molar-refractivity contribution in [2.45, 2.75) is 13.5 Å². The van der Waals surface area contributed by atoms with Gasteiger partial charge in [0.05, 0.1) is 24.1 Å². The average molecular weight is 247 g/mol. The van der Waals surface area contributed by atoms with Crippen molar-refractivity contribution in [2.24, 2.45) is 5.73 Å². The zero-order valence-electron chi connectivity index (χ0n) is 9.43. The molecule has 0 bridgehead atoms. The Bertz CT molecular complexity index is 519. The third-order valence-corrected chi connectivity index (χ3v) is 2.49. The quantitative estimate of drug-likeness (QED) is 0.811. The summed E-state index contributed by atoms with van der Waals surface area (Å²) in [6.07, 6.45) is 1.70. The second kappa shape index (κ2) is 4.97. The van der Waals surface area contributed by atoms with Gasteiger partial charge in [-0.25, -0.2) is 0 Å². The van der Waals surface area contributed by atoms with Crippen LogP contribution in [0.4, 0.5) is 5.69 Å². The van der Waals surface area contributed by atoms with Gasteiger partial charge in [0.25, 0.3) is 0 Å². The maximum Gasteiger partial charge on any atom is 0.123 e. The fraction of sp³-hybridized carbons (Fsp3) is 0.167. The topological polar surface area (TPSA) is 64.1 Å². The summed E-state index contributed by atoms with van der Waals surface area (Å²) in [5, 5.41) is 3.20. The molecule has 5 heteroatoms. The minimum atomic E-state index is 0.304. The molecule has 2 aromatic rings. The van der Waals surface area contributed by atoms with Gasteiger partial charge in [0, 0.05) is 0 Å². The van der Waals surface area contributed by atoms with E-state index in [4.69, 9.17) is 22.4 Å². The Kier molecular flexibility index (Phi) is 3.39. The smallest absolute Gasteiger partial charge is 0.123 e. The lowest BCUT2D eigenvalue weighted by Gasteiger charge is -2.04. The zero-order chi connectivity index (χ0) is 12.3. The minimum absolute atomic E-state index is 0.304. The summed E-state index contributed by atoms with van der Waals surface area (Å²) >= 11 is 4.83. The monoisotopic (exact) mass is 247 g/mol. The summed E-state index contributed by atoms with van der Waals surface area (Å²) in [6, 6.07) is 7.56. The lowest BCUT2D eigenvalue weighted by Crippen LogP contribution is -2.11. The van der Waals surface area contributed by atoms with Crippen LogP contribution in [0.25, 0.3) is 0 Å². The van der Waals surface area contributed by atoms with Gasteiger partial charge in [0.2, 0.25) is 0 Å². The predicted molar refractivity (Wildman–Crippen MR) is 70.9 cm³/mol. The van der Waals surface area contributed by atoms with Crippen molar-refractivity contribution < 1.29 is 4.42 Å². The first-order chi connectivity index (χ1) is 8.15. The third kappa shape index (κ3) is 3.04. The first-order valence-electron chi connectivity index (χ1n) is 5.20. The Balaban J connectivity index is 1.97. The van der Waals surface area contributed by atoms with Crippen molar-refractivity contribution >= 4 is 22.9 Å². The van der Waals surface area contributed by atoms with Gasteiger partial charge < -0.3 is 15.5 Å². The molecule has 0 aromatic carbocycles. The van der Waals surface area contributed by atoms with E-state index >= 15 is 0 Å². The molecule has 4 nitrogen and oxygen atoms in total. The summed E-state index contributed by atoms with van der Waals surface area (Å²) in [7, 11) is 0. The van der Waals surface area contributed by atoms with Crippen molar-refractivity contribution in [1.82, 2.24) is 4.98 Å². The van der Waals surface area contributed by atoms with E-state index in [0.29, 0.717) is 17.2 Å². The maximum absolute atomic E-state index is 5.47. The van der Waals surface area contributed by atoms with Crippen molar-refractivity contribution in [3.8, 4) is 0 Å². The molecule has 2 rings (SSSR count). The average Bonchev–Trinajstić information content (AvgIpc) is 2.73. The molecular weight excluding hydrogens is 234 g/mol. The summed E-state index contributed by atoms with van der Waals surface area (Å²) in [5.41, 5.74) is 6.99. The fourth-order valence-electron chi connectivity index (χ4n) is 1.41. The number of thiocarbonyl (C=S) groups is 1. The third-order valence-electron chi connectivity index (χ3n) is 2.28. The Hall–Kier alpha value is -1.88. The Morgan fingerprint density at radius 2 is 2.24 bits per heavy atom. The van der Waals surface area contributed by atoms with Crippen LogP contribution in [0.15, 0.2) is 34.9 Å². The van der Waals surface area contributed by atoms with Gasteiger partial charge in [-0.2, -0.15) is 0 Å². The lowest BCUT2D eigenvalue weighted by atomic mass is 10.3. The van der Waals surface area contributed by atoms with Gasteiger partial charge in [0.1, 0.15) is 16.5 Å². The molecule has 3 N–H and O–H groups in total. The molecule has 0 aliphatic carbocycles. The first kappa shape index (κ1) is 11.6. The van der Waals surface area contributed by atoms with E-state index in [-0.39, 0.29) is 0 Å². The molecule has 2 aromatic heterocycles. The molecule has 2 heterocycles. The van der Waals surface area contributed by atoms with Crippen LogP contribution in [0.5, 0.6) is 0 Å². The van der Waals surface area contributed by atoms with E-state index in [1.807, 2.05) is 25.1 Å². The summed E-state index contributed by atoms with van der Waals surface area (Å²) in [4.78, 5) is 4.44. The second-order valence-electron chi connectivity index (χ2n) is 3.66. The molecule has 0 spiro atoms. The van der Waals surface area contributed by atoms with Crippen LogP contribution in [0.3, 0.4) is 0 Å². The Morgan fingerprint density at radius 1 is 1.41 bits per heavy atom. The normalized spacial score (nSPS) is 10.2. The second-order valence-corrected chi connectivity index (χ2v) is 4.10. The van der Waals surface area contributed by atoms with E-state index in [0.717, 1.165) is 17.2 Å². The van der Waals surface area contributed by atoms with Crippen LogP contribution in [0.2, 0.25) is 0 Å². The van der Waals surface area contributed by atoms with Crippen LogP contribution in [-0.4, -0.2) is 9.97 Å². The number of anilines is 1. The first-order valence-corrected chi connectivity index (χ1v) is 5.61. The predicted octanol–water partition coefficient (Wildman–Crippen LogP) is 2.23. The highest BCUT2D eigenvalue weighted by atomic mass is 32.1. The number of pyridine rings is 1.